The smallest absolute Gasteiger partial charge is 0.252 e. The quantitative estimate of drug-likeness (QED) is 0.486. The third kappa shape index (κ3) is 3.47. The Bertz CT molecular complexity index is 1260. The average molecular weight is 437 g/mol. The molecule has 6 nitrogen and oxygen atoms in total. The molecule has 4 aromatic rings. The summed E-state index contributed by atoms with van der Waals surface area (Å²) in [5, 5.41) is 13.0. The Morgan fingerprint density at radius 3 is 2.33 bits per heavy atom. The summed E-state index contributed by atoms with van der Waals surface area (Å²) < 4.78 is 27.3. The zero-order valence-electron chi connectivity index (χ0n) is 16.2. The van der Waals surface area contributed by atoms with Crippen molar-refractivity contribution >= 4 is 38.0 Å². The molecule has 0 aliphatic carbocycles. The lowest BCUT2D eigenvalue weighted by Crippen LogP contribution is -2.48. The van der Waals surface area contributed by atoms with Crippen LogP contribution in [0.15, 0.2) is 76.3 Å². The summed E-state index contributed by atoms with van der Waals surface area (Å²) in [7, 11) is -3.40. The van der Waals surface area contributed by atoms with Gasteiger partial charge in [-0.2, -0.15) is 4.31 Å². The third-order valence-corrected chi connectivity index (χ3v) is 8.64. The van der Waals surface area contributed by atoms with Gasteiger partial charge in [-0.3, -0.25) is 0 Å². The second-order valence-electron chi connectivity index (χ2n) is 7.13. The van der Waals surface area contributed by atoms with E-state index in [0.29, 0.717) is 30.4 Å². The predicted octanol–water partition coefficient (Wildman–Crippen LogP) is 3.87. The van der Waals surface area contributed by atoms with Crippen LogP contribution in [0.3, 0.4) is 0 Å². The lowest BCUT2D eigenvalue weighted by Gasteiger charge is -2.34. The largest absolute Gasteiger partial charge is 0.352 e. The van der Waals surface area contributed by atoms with E-state index in [4.69, 9.17) is 0 Å². The molecule has 1 fully saturated rings. The van der Waals surface area contributed by atoms with E-state index in [-0.39, 0.29) is 0 Å². The highest BCUT2D eigenvalue weighted by atomic mass is 32.2. The van der Waals surface area contributed by atoms with Crippen LogP contribution >= 0.6 is 11.3 Å². The summed E-state index contributed by atoms with van der Waals surface area (Å²) >= 11 is 1.26. The molecule has 1 aliphatic heterocycles. The minimum Gasteiger partial charge on any atom is -0.352 e. The zero-order chi connectivity index (χ0) is 20.6. The van der Waals surface area contributed by atoms with Gasteiger partial charge >= 0.3 is 0 Å². The maximum atomic E-state index is 12.7. The number of benzene rings is 2. The Kier molecular flexibility index (Phi) is 4.98. The maximum absolute atomic E-state index is 12.7. The van der Waals surface area contributed by atoms with Crippen molar-refractivity contribution in [2.45, 2.75) is 4.21 Å². The van der Waals surface area contributed by atoms with Crippen molar-refractivity contribution in [3.63, 3.8) is 0 Å². The van der Waals surface area contributed by atoms with Gasteiger partial charge in [0.25, 0.3) is 10.0 Å². The van der Waals surface area contributed by atoms with Gasteiger partial charge in [0.15, 0.2) is 5.82 Å². The molecular weight excluding hydrogens is 416 g/mol. The topological polar surface area (TPSA) is 66.4 Å². The van der Waals surface area contributed by atoms with Gasteiger partial charge in [-0.15, -0.1) is 21.5 Å². The summed E-state index contributed by atoms with van der Waals surface area (Å²) in [6, 6.07) is 21.8. The number of fused-ring (bicyclic) bond motifs is 1. The van der Waals surface area contributed by atoms with Crippen LogP contribution in [-0.4, -0.2) is 49.1 Å². The molecule has 1 aliphatic rings. The van der Waals surface area contributed by atoms with Crippen LogP contribution in [0.2, 0.25) is 0 Å². The van der Waals surface area contributed by atoms with Crippen LogP contribution < -0.4 is 4.90 Å². The second-order valence-corrected chi connectivity index (χ2v) is 10.2. The van der Waals surface area contributed by atoms with E-state index in [0.717, 1.165) is 22.5 Å². The van der Waals surface area contributed by atoms with E-state index in [2.05, 4.69) is 39.4 Å². The molecule has 0 bridgehead atoms. The van der Waals surface area contributed by atoms with E-state index in [1.807, 2.05) is 30.3 Å². The molecule has 0 radical (unpaired) electrons. The number of hydrogen-bond donors (Lipinski definition) is 0. The van der Waals surface area contributed by atoms with Gasteiger partial charge in [0.05, 0.1) is 5.69 Å². The molecule has 0 saturated carbocycles. The van der Waals surface area contributed by atoms with E-state index in [1.54, 1.807) is 21.8 Å². The number of thiophene rings is 1. The second kappa shape index (κ2) is 7.79. The molecule has 8 heteroatoms. The first-order valence-corrected chi connectivity index (χ1v) is 12.1. The lowest BCUT2D eigenvalue weighted by molar-refractivity contribution is 0.384. The number of hydrogen-bond acceptors (Lipinski definition) is 6. The van der Waals surface area contributed by atoms with Crippen molar-refractivity contribution in [2.24, 2.45) is 0 Å². The Morgan fingerprint density at radius 2 is 1.60 bits per heavy atom. The summed E-state index contributed by atoms with van der Waals surface area (Å²) in [5.41, 5.74) is 1.88. The Labute approximate surface area is 179 Å². The summed E-state index contributed by atoms with van der Waals surface area (Å²) in [4.78, 5) is 2.08. The number of rotatable bonds is 4. The SMILES string of the molecule is O=S(=O)(c1cccs1)N1CCN(c2ccc(-c3cccc4ccccc34)nn2)CC1. The van der Waals surface area contributed by atoms with Crippen LogP contribution in [0.1, 0.15) is 0 Å². The standard InChI is InChI=1S/C22H20N4O2S2/c27-30(28,22-9-4-16-29-22)26-14-12-25(13-15-26)21-11-10-20(23-24-21)19-8-3-6-17-5-1-2-7-18(17)19/h1-11,16H,12-15H2. The number of anilines is 1. The minimum atomic E-state index is -3.40. The molecule has 5 rings (SSSR count). The molecule has 2 aromatic heterocycles. The summed E-state index contributed by atoms with van der Waals surface area (Å²) in [6.07, 6.45) is 0. The van der Waals surface area contributed by atoms with E-state index in [1.165, 1.54) is 16.7 Å². The van der Waals surface area contributed by atoms with Crippen LogP contribution in [0.5, 0.6) is 0 Å². The number of sulfonamides is 1. The van der Waals surface area contributed by atoms with Crippen molar-refractivity contribution < 1.29 is 8.42 Å². The first-order chi connectivity index (χ1) is 14.6. The van der Waals surface area contributed by atoms with Crippen molar-refractivity contribution in [2.75, 3.05) is 31.1 Å². The van der Waals surface area contributed by atoms with Gasteiger partial charge in [0.2, 0.25) is 0 Å². The van der Waals surface area contributed by atoms with Gasteiger partial charge in [-0.05, 0) is 34.4 Å². The van der Waals surface area contributed by atoms with Crippen LogP contribution in [-0.2, 0) is 10.0 Å². The highest BCUT2D eigenvalue weighted by Gasteiger charge is 2.29. The van der Waals surface area contributed by atoms with Crippen molar-refractivity contribution in [1.29, 1.82) is 0 Å². The molecule has 30 heavy (non-hydrogen) atoms. The fourth-order valence-corrected chi connectivity index (χ4v) is 6.35. The first-order valence-electron chi connectivity index (χ1n) is 9.73. The van der Waals surface area contributed by atoms with E-state index >= 15 is 0 Å². The molecule has 3 heterocycles. The lowest BCUT2D eigenvalue weighted by atomic mass is 10.0. The molecule has 0 spiro atoms. The van der Waals surface area contributed by atoms with Gasteiger partial charge in [-0.25, -0.2) is 8.42 Å². The van der Waals surface area contributed by atoms with Gasteiger partial charge < -0.3 is 4.90 Å². The minimum absolute atomic E-state index is 0.398. The van der Waals surface area contributed by atoms with Crippen molar-refractivity contribution in [3.05, 3.63) is 72.1 Å². The van der Waals surface area contributed by atoms with Crippen LogP contribution in [0, 0.1) is 0 Å². The maximum Gasteiger partial charge on any atom is 0.252 e. The number of nitrogens with zero attached hydrogens (tertiary/aromatic N) is 4. The van der Waals surface area contributed by atoms with Gasteiger partial charge in [-0.1, -0.05) is 48.5 Å². The third-order valence-electron chi connectivity index (χ3n) is 5.37. The molecule has 0 atom stereocenters. The average Bonchev–Trinajstić information content (AvgIpc) is 3.35. The predicted molar refractivity (Wildman–Crippen MR) is 120 cm³/mol. The van der Waals surface area contributed by atoms with Gasteiger partial charge in [0, 0.05) is 31.7 Å². The molecule has 152 valence electrons. The molecular formula is C22H20N4O2S2. The zero-order valence-corrected chi connectivity index (χ0v) is 17.8. The summed E-state index contributed by atoms with van der Waals surface area (Å²) in [5.74, 6) is 0.771. The highest BCUT2D eigenvalue weighted by molar-refractivity contribution is 7.91. The molecule has 1 saturated heterocycles. The van der Waals surface area contributed by atoms with E-state index < -0.39 is 10.0 Å². The normalized spacial score (nSPS) is 15.5. The summed E-state index contributed by atoms with van der Waals surface area (Å²) in [6.45, 7) is 2.06. The first kappa shape index (κ1) is 19.2. The van der Waals surface area contributed by atoms with E-state index in [9.17, 15) is 8.42 Å². The highest BCUT2D eigenvalue weighted by Crippen LogP contribution is 2.28. The fraction of sp³-hybridized carbons (Fsp3) is 0.182. The van der Waals surface area contributed by atoms with Crippen molar-refractivity contribution in [1.82, 2.24) is 14.5 Å². The molecule has 0 N–H and O–H groups in total. The fourth-order valence-electron chi connectivity index (χ4n) is 3.78. The number of aromatic nitrogens is 2. The number of piperazine rings is 1. The molecule has 0 amide bonds. The Balaban J connectivity index is 1.32. The monoisotopic (exact) mass is 436 g/mol. The van der Waals surface area contributed by atoms with Crippen LogP contribution in [0.25, 0.3) is 22.0 Å². The Morgan fingerprint density at radius 1 is 0.800 bits per heavy atom. The molecule has 0 unspecified atom stereocenters. The Hall–Kier alpha value is -2.81. The van der Waals surface area contributed by atoms with Gasteiger partial charge in [0.1, 0.15) is 4.21 Å². The van der Waals surface area contributed by atoms with Crippen LogP contribution in [0.4, 0.5) is 5.82 Å². The molecule has 2 aromatic carbocycles. The van der Waals surface area contributed by atoms with Crippen molar-refractivity contribution in [3.8, 4) is 11.3 Å².